The lowest BCUT2D eigenvalue weighted by Gasteiger charge is -2.31. The Balaban J connectivity index is 1.57. The molecular weight excluding hydrogens is 382 g/mol. The van der Waals surface area contributed by atoms with Crippen molar-refractivity contribution >= 4 is 47.2 Å². The molecule has 2 unspecified atom stereocenters. The van der Waals surface area contributed by atoms with Crippen molar-refractivity contribution in [2.75, 3.05) is 41.0 Å². The van der Waals surface area contributed by atoms with E-state index in [9.17, 15) is 4.79 Å². The summed E-state index contributed by atoms with van der Waals surface area (Å²) in [5, 5.41) is 0.643. The van der Waals surface area contributed by atoms with Crippen LogP contribution in [0, 0.1) is 0 Å². The Kier molecular flexibility index (Phi) is 5.21. The van der Waals surface area contributed by atoms with E-state index in [2.05, 4.69) is 29.2 Å². The standard InChI is InChI=1S/C20H22ClN3O2S/c1-14-19(25)24(18-4-2-15(21)3-5-18)20(27)23(14)17-8-6-16(7-9-17)22-10-12-26-13-11-22/h2-9,14,20,27H,10-13H2,1H3. The van der Waals surface area contributed by atoms with Gasteiger partial charge in [0.15, 0.2) is 5.50 Å². The predicted octanol–water partition coefficient (Wildman–Crippen LogP) is 3.63. The van der Waals surface area contributed by atoms with E-state index in [1.54, 1.807) is 17.0 Å². The highest BCUT2D eigenvalue weighted by Crippen LogP contribution is 2.35. The first-order valence-electron chi connectivity index (χ1n) is 9.04. The maximum absolute atomic E-state index is 12.9. The number of hydrogen-bond donors (Lipinski definition) is 1. The fourth-order valence-electron chi connectivity index (χ4n) is 3.63. The van der Waals surface area contributed by atoms with Gasteiger partial charge in [0.2, 0.25) is 0 Å². The first kappa shape index (κ1) is 18.5. The lowest BCUT2D eigenvalue weighted by atomic mass is 10.2. The second kappa shape index (κ2) is 7.62. The van der Waals surface area contributed by atoms with Crippen LogP contribution >= 0.6 is 24.2 Å². The predicted molar refractivity (Wildman–Crippen MR) is 113 cm³/mol. The fraction of sp³-hybridized carbons (Fsp3) is 0.350. The number of nitrogens with zero attached hydrogens (tertiary/aromatic N) is 3. The van der Waals surface area contributed by atoms with E-state index in [1.807, 2.05) is 24.0 Å². The molecule has 0 saturated carbocycles. The molecule has 2 atom stereocenters. The van der Waals surface area contributed by atoms with Gasteiger partial charge in [-0.25, -0.2) is 0 Å². The summed E-state index contributed by atoms with van der Waals surface area (Å²) < 4.78 is 5.42. The van der Waals surface area contributed by atoms with E-state index < -0.39 is 0 Å². The lowest BCUT2D eigenvalue weighted by Crippen LogP contribution is -2.37. The van der Waals surface area contributed by atoms with Gasteiger partial charge in [-0.15, -0.1) is 12.6 Å². The van der Waals surface area contributed by atoms with E-state index in [0.29, 0.717) is 5.02 Å². The Bertz CT molecular complexity index is 809. The third kappa shape index (κ3) is 3.49. The summed E-state index contributed by atoms with van der Waals surface area (Å²) in [5.41, 5.74) is 2.57. The van der Waals surface area contributed by atoms with Crippen LogP contribution in [-0.4, -0.2) is 43.8 Å². The van der Waals surface area contributed by atoms with Crippen molar-refractivity contribution in [3.05, 3.63) is 53.6 Å². The Morgan fingerprint density at radius 2 is 1.52 bits per heavy atom. The van der Waals surface area contributed by atoms with Crippen LogP contribution in [0.25, 0.3) is 0 Å². The molecule has 2 heterocycles. The minimum Gasteiger partial charge on any atom is -0.378 e. The molecule has 5 nitrogen and oxygen atoms in total. The summed E-state index contributed by atoms with van der Waals surface area (Å²) in [4.78, 5) is 18.9. The molecule has 2 aliphatic rings. The highest BCUT2D eigenvalue weighted by Gasteiger charge is 2.42. The number of morpholine rings is 1. The maximum Gasteiger partial charge on any atom is 0.251 e. The number of halogens is 1. The number of benzene rings is 2. The molecule has 0 N–H and O–H groups in total. The van der Waals surface area contributed by atoms with E-state index in [0.717, 1.165) is 37.7 Å². The molecule has 0 spiro atoms. The summed E-state index contributed by atoms with van der Waals surface area (Å²) in [6.07, 6.45) is 0. The molecule has 7 heteroatoms. The molecule has 2 aliphatic heterocycles. The van der Waals surface area contributed by atoms with Gasteiger partial charge >= 0.3 is 0 Å². The van der Waals surface area contributed by atoms with Gasteiger partial charge in [0.1, 0.15) is 6.04 Å². The number of ether oxygens (including phenoxy) is 1. The van der Waals surface area contributed by atoms with Gasteiger partial charge in [0.25, 0.3) is 5.91 Å². The van der Waals surface area contributed by atoms with Crippen molar-refractivity contribution in [1.82, 2.24) is 0 Å². The summed E-state index contributed by atoms with van der Waals surface area (Å²) in [6.45, 7) is 5.23. The first-order chi connectivity index (χ1) is 13.1. The Labute approximate surface area is 169 Å². The third-order valence-corrected chi connectivity index (χ3v) is 5.85. The molecule has 2 fully saturated rings. The number of carbonyl (C=O) groups is 1. The summed E-state index contributed by atoms with van der Waals surface area (Å²) in [7, 11) is 0. The number of amides is 1. The van der Waals surface area contributed by atoms with Crippen LogP contribution in [0.15, 0.2) is 48.5 Å². The Morgan fingerprint density at radius 1 is 0.963 bits per heavy atom. The summed E-state index contributed by atoms with van der Waals surface area (Å²) >= 11 is 10.7. The smallest absolute Gasteiger partial charge is 0.251 e. The zero-order valence-corrected chi connectivity index (χ0v) is 16.7. The monoisotopic (exact) mass is 403 g/mol. The summed E-state index contributed by atoms with van der Waals surface area (Å²) in [5.74, 6) is 0.0228. The zero-order valence-electron chi connectivity index (χ0n) is 15.1. The van der Waals surface area contributed by atoms with Gasteiger partial charge in [-0.3, -0.25) is 9.69 Å². The van der Waals surface area contributed by atoms with Crippen molar-refractivity contribution in [3.63, 3.8) is 0 Å². The van der Waals surface area contributed by atoms with Gasteiger partial charge in [0, 0.05) is 35.2 Å². The average Bonchev–Trinajstić information content (AvgIpc) is 2.92. The Morgan fingerprint density at radius 3 is 2.15 bits per heavy atom. The van der Waals surface area contributed by atoms with Crippen LogP contribution < -0.4 is 14.7 Å². The van der Waals surface area contributed by atoms with Gasteiger partial charge in [-0.1, -0.05) is 11.6 Å². The minimum atomic E-state index is -0.372. The second-order valence-electron chi connectivity index (χ2n) is 6.73. The molecule has 4 rings (SSSR count). The second-order valence-corrected chi connectivity index (χ2v) is 7.63. The molecule has 2 saturated heterocycles. The normalized spacial score (nSPS) is 23.2. The van der Waals surface area contributed by atoms with Crippen molar-refractivity contribution in [2.45, 2.75) is 18.5 Å². The highest BCUT2D eigenvalue weighted by molar-refractivity contribution is 7.81. The topological polar surface area (TPSA) is 36.0 Å². The van der Waals surface area contributed by atoms with Crippen molar-refractivity contribution in [2.24, 2.45) is 0 Å². The van der Waals surface area contributed by atoms with E-state index in [4.69, 9.17) is 29.0 Å². The van der Waals surface area contributed by atoms with Gasteiger partial charge < -0.3 is 14.5 Å². The largest absolute Gasteiger partial charge is 0.378 e. The number of hydrogen-bond acceptors (Lipinski definition) is 5. The first-order valence-corrected chi connectivity index (χ1v) is 9.93. The molecule has 0 radical (unpaired) electrons. The molecule has 0 aliphatic carbocycles. The fourth-order valence-corrected chi connectivity index (χ4v) is 4.34. The third-order valence-electron chi connectivity index (χ3n) is 5.12. The van der Waals surface area contributed by atoms with E-state index in [1.165, 1.54) is 5.69 Å². The molecule has 2 aromatic carbocycles. The molecular formula is C20H22ClN3O2S. The van der Waals surface area contributed by atoms with Crippen LogP contribution in [-0.2, 0) is 9.53 Å². The van der Waals surface area contributed by atoms with Crippen LogP contribution in [0.3, 0.4) is 0 Å². The highest BCUT2D eigenvalue weighted by atomic mass is 35.5. The summed E-state index contributed by atoms with van der Waals surface area (Å²) in [6, 6.07) is 15.3. The minimum absolute atomic E-state index is 0.0228. The molecule has 0 aromatic heterocycles. The number of anilines is 3. The van der Waals surface area contributed by atoms with Gasteiger partial charge in [0.05, 0.1) is 13.2 Å². The van der Waals surface area contributed by atoms with E-state index in [-0.39, 0.29) is 17.4 Å². The molecule has 142 valence electrons. The number of carbonyl (C=O) groups excluding carboxylic acids is 1. The van der Waals surface area contributed by atoms with Crippen LogP contribution in [0.5, 0.6) is 0 Å². The molecule has 1 amide bonds. The van der Waals surface area contributed by atoms with Crippen molar-refractivity contribution < 1.29 is 9.53 Å². The Hall–Kier alpha value is -1.89. The number of rotatable bonds is 3. The SMILES string of the molecule is CC1C(=O)N(c2ccc(Cl)cc2)C(S)N1c1ccc(N2CCOCC2)cc1. The molecule has 0 bridgehead atoms. The molecule has 27 heavy (non-hydrogen) atoms. The van der Waals surface area contributed by atoms with Crippen LogP contribution in [0.2, 0.25) is 5.02 Å². The van der Waals surface area contributed by atoms with Crippen LogP contribution in [0.4, 0.5) is 17.1 Å². The quantitative estimate of drug-likeness (QED) is 0.794. The van der Waals surface area contributed by atoms with Crippen LogP contribution in [0.1, 0.15) is 6.92 Å². The maximum atomic E-state index is 12.9. The zero-order chi connectivity index (χ0) is 19.0. The van der Waals surface area contributed by atoms with Gasteiger partial charge in [-0.05, 0) is 55.5 Å². The van der Waals surface area contributed by atoms with E-state index >= 15 is 0 Å². The average molecular weight is 404 g/mol. The van der Waals surface area contributed by atoms with Crippen molar-refractivity contribution in [3.8, 4) is 0 Å². The van der Waals surface area contributed by atoms with Crippen molar-refractivity contribution in [1.29, 1.82) is 0 Å². The molecule has 2 aromatic rings. The number of thiol groups is 1. The van der Waals surface area contributed by atoms with Gasteiger partial charge in [-0.2, -0.15) is 0 Å². The lowest BCUT2D eigenvalue weighted by molar-refractivity contribution is -0.117.